The van der Waals surface area contributed by atoms with Crippen LogP contribution in [0.3, 0.4) is 0 Å². The SMILES string of the molecule is CCC1CCCN(Cc2cc(F)ccc2O)CC1. The van der Waals surface area contributed by atoms with Crippen LogP contribution in [0.15, 0.2) is 18.2 Å². The van der Waals surface area contributed by atoms with E-state index in [1.165, 1.54) is 43.9 Å². The van der Waals surface area contributed by atoms with Crippen LogP contribution in [-0.4, -0.2) is 23.1 Å². The van der Waals surface area contributed by atoms with Gasteiger partial charge in [0.1, 0.15) is 11.6 Å². The number of nitrogens with zero attached hydrogens (tertiary/aromatic N) is 1. The largest absolute Gasteiger partial charge is 0.508 e. The van der Waals surface area contributed by atoms with E-state index in [2.05, 4.69) is 11.8 Å². The Morgan fingerprint density at radius 3 is 2.94 bits per heavy atom. The molecule has 2 rings (SSSR count). The number of hydrogen-bond acceptors (Lipinski definition) is 2. The number of halogens is 1. The van der Waals surface area contributed by atoms with Crippen molar-refractivity contribution in [3.05, 3.63) is 29.6 Å². The zero-order chi connectivity index (χ0) is 13.0. The first kappa shape index (κ1) is 13.3. The monoisotopic (exact) mass is 251 g/mol. The Bertz CT molecular complexity index is 394. The lowest BCUT2D eigenvalue weighted by atomic mass is 9.98. The minimum atomic E-state index is -0.274. The molecule has 1 aromatic rings. The zero-order valence-electron chi connectivity index (χ0n) is 11.0. The lowest BCUT2D eigenvalue weighted by molar-refractivity contribution is 0.267. The normalized spacial score (nSPS) is 21.8. The van der Waals surface area contributed by atoms with E-state index in [0.29, 0.717) is 12.1 Å². The van der Waals surface area contributed by atoms with Crippen LogP contribution in [-0.2, 0) is 6.54 Å². The van der Waals surface area contributed by atoms with Gasteiger partial charge in [0.2, 0.25) is 0 Å². The predicted molar refractivity (Wildman–Crippen MR) is 71.0 cm³/mol. The van der Waals surface area contributed by atoms with Crippen molar-refractivity contribution in [1.82, 2.24) is 4.90 Å². The molecule has 1 saturated heterocycles. The second kappa shape index (κ2) is 6.19. The van der Waals surface area contributed by atoms with Gasteiger partial charge in [-0.1, -0.05) is 13.3 Å². The summed E-state index contributed by atoms with van der Waals surface area (Å²) in [7, 11) is 0. The van der Waals surface area contributed by atoms with Crippen LogP contribution < -0.4 is 0 Å². The third kappa shape index (κ3) is 3.45. The summed E-state index contributed by atoms with van der Waals surface area (Å²) in [4.78, 5) is 2.32. The number of phenolic OH excluding ortho intramolecular Hbond substituents is 1. The number of rotatable bonds is 3. The van der Waals surface area contributed by atoms with E-state index in [1.807, 2.05) is 0 Å². The Morgan fingerprint density at radius 1 is 1.33 bits per heavy atom. The summed E-state index contributed by atoms with van der Waals surface area (Å²) in [5, 5.41) is 9.74. The van der Waals surface area contributed by atoms with E-state index >= 15 is 0 Å². The second-order valence-electron chi connectivity index (χ2n) is 5.25. The summed E-state index contributed by atoms with van der Waals surface area (Å²) in [6, 6.07) is 4.18. The van der Waals surface area contributed by atoms with E-state index in [0.717, 1.165) is 19.0 Å². The molecule has 0 spiro atoms. The van der Waals surface area contributed by atoms with Crippen molar-refractivity contribution in [3.8, 4) is 5.75 Å². The van der Waals surface area contributed by atoms with E-state index in [1.54, 1.807) is 0 Å². The molecule has 100 valence electrons. The van der Waals surface area contributed by atoms with Crippen molar-refractivity contribution in [1.29, 1.82) is 0 Å². The highest BCUT2D eigenvalue weighted by molar-refractivity contribution is 5.32. The Kier molecular flexibility index (Phi) is 4.59. The van der Waals surface area contributed by atoms with E-state index < -0.39 is 0 Å². The second-order valence-corrected chi connectivity index (χ2v) is 5.25. The van der Waals surface area contributed by atoms with Crippen LogP contribution in [0.5, 0.6) is 5.75 Å². The third-order valence-electron chi connectivity index (χ3n) is 3.95. The molecule has 1 heterocycles. The van der Waals surface area contributed by atoms with Crippen LogP contribution in [0.2, 0.25) is 0 Å². The molecule has 0 radical (unpaired) electrons. The molecule has 18 heavy (non-hydrogen) atoms. The first-order valence-electron chi connectivity index (χ1n) is 6.88. The molecule has 2 nitrogen and oxygen atoms in total. The van der Waals surface area contributed by atoms with Gasteiger partial charge >= 0.3 is 0 Å². The molecule has 1 aliphatic heterocycles. The molecule has 0 amide bonds. The highest BCUT2D eigenvalue weighted by atomic mass is 19.1. The van der Waals surface area contributed by atoms with Gasteiger partial charge in [0.15, 0.2) is 0 Å². The Balaban J connectivity index is 1.98. The van der Waals surface area contributed by atoms with Gasteiger partial charge in [-0.2, -0.15) is 0 Å². The van der Waals surface area contributed by atoms with Crippen LogP contribution in [0.25, 0.3) is 0 Å². The highest BCUT2D eigenvalue weighted by Gasteiger charge is 2.16. The lowest BCUT2D eigenvalue weighted by Gasteiger charge is -2.20. The van der Waals surface area contributed by atoms with Gasteiger partial charge in [0.05, 0.1) is 0 Å². The van der Waals surface area contributed by atoms with Gasteiger partial charge in [0.25, 0.3) is 0 Å². The first-order valence-corrected chi connectivity index (χ1v) is 6.88. The van der Waals surface area contributed by atoms with Gasteiger partial charge in [-0.25, -0.2) is 4.39 Å². The number of hydrogen-bond donors (Lipinski definition) is 1. The Hall–Kier alpha value is -1.09. The van der Waals surface area contributed by atoms with Crippen molar-refractivity contribution in [2.45, 2.75) is 39.2 Å². The average molecular weight is 251 g/mol. The standard InChI is InChI=1S/C15H22FNO/c1-2-12-4-3-8-17(9-7-12)11-13-10-14(16)5-6-15(13)18/h5-6,10,12,18H,2-4,7-9,11H2,1H3. The minimum absolute atomic E-state index is 0.202. The molecule has 1 aliphatic rings. The fourth-order valence-electron chi connectivity index (χ4n) is 2.71. The number of likely N-dealkylation sites (tertiary alicyclic amines) is 1. The summed E-state index contributed by atoms with van der Waals surface area (Å²) >= 11 is 0. The predicted octanol–water partition coefficient (Wildman–Crippen LogP) is 3.54. The Morgan fingerprint density at radius 2 is 2.17 bits per heavy atom. The van der Waals surface area contributed by atoms with Crippen LogP contribution in [0, 0.1) is 11.7 Å². The summed E-state index contributed by atoms with van der Waals surface area (Å²) in [6.45, 7) is 5.00. The van der Waals surface area contributed by atoms with Crippen molar-refractivity contribution in [2.75, 3.05) is 13.1 Å². The third-order valence-corrected chi connectivity index (χ3v) is 3.95. The van der Waals surface area contributed by atoms with Crippen molar-refractivity contribution in [2.24, 2.45) is 5.92 Å². The van der Waals surface area contributed by atoms with E-state index in [-0.39, 0.29) is 11.6 Å². The van der Waals surface area contributed by atoms with Crippen LogP contribution >= 0.6 is 0 Å². The van der Waals surface area contributed by atoms with Crippen molar-refractivity contribution >= 4 is 0 Å². The molecule has 0 aliphatic carbocycles. The van der Waals surface area contributed by atoms with Gasteiger partial charge < -0.3 is 5.11 Å². The molecule has 1 fully saturated rings. The maximum atomic E-state index is 13.2. The minimum Gasteiger partial charge on any atom is -0.508 e. The lowest BCUT2D eigenvalue weighted by Crippen LogP contribution is -2.24. The summed E-state index contributed by atoms with van der Waals surface area (Å²) in [6.07, 6.45) is 4.96. The molecule has 1 N–H and O–H groups in total. The van der Waals surface area contributed by atoms with Gasteiger partial charge in [-0.05, 0) is 56.5 Å². The topological polar surface area (TPSA) is 23.5 Å². The number of aromatic hydroxyl groups is 1. The van der Waals surface area contributed by atoms with Gasteiger partial charge in [0, 0.05) is 12.1 Å². The van der Waals surface area contributed by atoms with E-state index in [4.69, 9.17) is 0 Å². The maximum absolute atomic E-state index is 13.2. The maximum Gasteiger partial charge on any atom is 0.123 e. The highest BCUT2D eigenvalue weighted by Crippen LogP contribution is 2.24. The smallest absolute Gasteiger partial charge is 0.123 e. The molecular weight excluding hydrogens is 229 g/mol. The fourth-order valence-corrected chi connectivity index (χ4v) is 2.71. The Labute approximate surface area is 108 Å². The molecule has 1 unspecified atom stereocenters. The van der Waals surface area contributed by atoms with Crippen molar-refractivity contribution in [3.63, 3.8) is 0 Å². The number of phenols is 1. The summed E-state index contributed by atoms with van der Waals surface area (Å²) in [5.74, 6) is 0.757. The van der Waals surface area contributed by atoms with E-state index in [9.17, 15) is 9.50 Å². The average Bonchev–Trinajstić information content (AvgIpc) is 2.59. The molecule has 1 atom stereocenters. The first-order chi connectivity index (χ1) is 8.69. The van der Waals surface area contributed by atoms with Crippen molar-refractivity contribution < 1.29 is 9.50 Å². The van der Waals surface area contributed by atoms with Crippen LogP contribution in [0.4, 0.5) is 4.39 Å². The molecular formula is C15H22FNO. The van der Waals surface area contributed by atoms with Gasteiger partial charge in [-0.3, -0.25) is 4.90 Å². The molecule has 0 aromatic heterocycles. The zero-order valence-corrected chi connectivity index (χ0v) is 11.0. The van der Waals surface area contributed by atoms with Gasteiger partial charge in [-0.15, -0.1) is 0 Å². The molecule has 0 saturated carbocycles. The summed E-state index contributed by atoms with van der Waals surface area (Å²) in [5.41, 5.74) is 0.699. The fraction of sp³-hybridized carbons (Fsp3) is 0.600. The van der Waals surface area contributed by atoms with Crippen LogP contribution in [0.1, 0.15) is 38.2 Å². The number of benzene rings is 1. The summed E-state index contributed by atoms with van der Waals surface area (Å²) < 4.78 is 13.2. The quantitative estimate of drug-likeness (QED) is 0.888. The molecule has 0 bridgehead atoms. The molecule has 3 heteroatoms. The molecule has 1 aromatic carbocycles.